The van der Waals surface area contributed by atoms with Crippen LogP contribution in [0.15, 0.2) is 30.8 Å². The maximum atomic E-state index is 11.2. The third-order valence-corrected chi connectivity index (χ3v) is 1.63. The molecule has 0 N–H and O–H groups in total. The smallest absolute Gasteiger partial charge is 0.431 e. The number of rotatable bonds is 3. The first-order valence-corrected chi connectivity index (χ1v) is 4.73. The molecular formula is C12H14O3. The molecule has 3 heteroatoms. The minimum atomic E-state index is -0.689. The second kappa shape index (κ2) is 5.20. The van der Waals surface area contributed by atoms with Crippen molar-refractivity contribution in [2.45, 2.75) is 20.0 Å². The quantitative estimate of drug-likeness (QED) is 0.562. The van der Waals surface area contributed by atoms with Crippen molar-refractivity contribution in [3.05, 3.63) is 36.4 Å². The molecule has 0 aromatic heterocycles. The van der Waals surface area contributed by atoms with E-state index in [1.165, 1.54) is 0 Å². The van der Waals surface area contributed by atoms with Gasteiger partial charge in [-0.3, -0.25) is 0 Å². The van der Waals surface area contributed by atoms with Gasteiger partial charge in [0.1, 0.15) is 5.75 Å². The molecule has 0 saturated heterocycles. The van der Waals surface area contributed by atoms with Crippen LogP contribution in [-0.2, 0) is 4.74 Å². The van der Waals surface area contributed by atoms with E-state index in [1.807, 2.05) is 6.07 Å². The van der Waals surface area contributed by atoms with E-state index in [-0.39, 0.29) is 6.10 Å². The predicted molar refractivity (Wildman–Crippen MR) is 58.8 cm³/mol. The van der Waals surface area contributed by atoms with Crippen LogP contribution in [0.1, 0.15) is 19.4 Å². The van der Waals surface area contributed by atoms with E-state index < -0.39 is 6.16 Å². The van der Waals surface area contributed by atoms with E-state index in [2.05, 4.69) is 6.58 Å². The van der Waals surface area contributed by atoms with Crippen LogP contribution >= 0.6 is 0 Å². The third-order valence-electron chi connectivity index (χ3n) is 1.63. The lowest BCUT2D eigenvalue weighted by Gasteiger charge is -2.08. The van der Waals surface area contributed by atoms with E-state index in [0.717, 1.165) is 5.56 Å². The second-order valence-corrected chi connectivity index (χ2v) is 3.30. The first-order valence-electron chi connectivity index (χ1n) is 4.73. The van der Waals surface area contributed by atoms with Gasteiger partial charge in [0.25, 0.3) is 0 Å². The first-order chi connectivity index (χ1) is 7.11. The molecule has 1 aromatic rings. The van der Waals surface area contributed by atoms with E-state index in [1.54, 1.807) is 38.1 Å². The number of carbonyl (C=O) groups is 1. The van der Waals surface area contributed by atoms with Gasteiger partial charge in [-0.1, -0.05) is 24.8 Å². The lowest BCUT2D eigenvalue weighted by atomic mass is 10.2. The van der Waals surface area contributed by atoms with Crippen molar-refractivity contribution in [2.75, 3.05) is 0 Å². The van der Waals surface area contributed by atoms with Crippen LogP contribution in [0, 0.1) is 0 Å². The number of hydrogen-bond acceptors (Lipinski definition) is 3. The summed E-state index contributed by atoms with van der Waals surface area (Å²) >= 11 is 0. The molecule has 1 rings (SSSR count). The summed E-state index contributed by atoms with van der Waals surface area (Å²) in [6.07, 6.45) is 0.812. The highest BCUT2D eigenvalue weighted by atomic mass is 16.7. The van der Waals surface area contributed by atoms with Crippen molar-refractivity contribution in [1.82, 2.24) is 0 Å². The first kappa shape index (κ1) is 11.3. The zero-order chi connectivity index (χ0) is 11.3. The molecule has 0 bridgehead atoms. The summed E-state index contributed by atoms with van der Waals surface area (Å²) in [6.45, 7) is 7.16. The fourth-order valence-corrected chi connectivity index (χ4v) is 1.02. The van der Waals surface area contributed by atoms with Gasteiger partial charge in [0.2, 0.25) is 0 Å². The van der Waals surface area contributed by atoms with Gasteiger partial charge < -0.3 is 9.47 Å². The van der Waals surface area contributed by atoms with Crippen molar-refractivity contribution < 1.29 is 14.3 Å². The van der Waals surface area contributed by atoms with Crippen molar-refractivity contribution in [3.63, 3.8) is 0 Å². The average molecular weight is 206 g/mol. The van der Waals surface area contributed by atoms with E-state index >= 15 is 0 Å². The van der Waals surface area contributed by atoms with Gasteiger partial charge in [-0.2, -0.15) is 0 Å². The van der Waals surface area contributed by atoms with E-state index in [0.29, 0.717) is 5.75 Å². The molecule has 3 nitrogen and oxygen atoms in total. The SMILES string of the molecule is C=Cc1cccc(OC(=O)OC(C)C)c1. The summed E-state index contributed by atoms with van der Waals surface area (Å²) in [5.74, 6) is 0.457. The summed E-state index contributed by atoms with van der Waals surface area (Å²) in [6, 6.07) is 7.06. The number of ether oxygens (including phenoxy) is 2. The Morgan fingerprint density at radius 3 is 2.80 bits per heavy atom. The van der Waals surface area contributed by atoms with Gasteiger partial charge in [0, 0.05) is 0 Å². The third kappa shape index (κ3) is 3.85. The Hall–Kier alpha value is -1.77. The lowest BCUT2D eigenvalue weighted by Crippen LogP contribution is -2.15. The fraction of sp³-hybridized carbons (Fsp3) is 0.250. The van der Waals surface area contributed by atoms with Gasteiger partial charge in [-0.15, -0.1) is 0 Å². The minimum absolute atomic E-state index is 0.180. The lowest BCUT2D eigenvalue weighted by molar-refractivity contribution is 0.0729. The Labute approximate surface area is 89.3 Å². The summed E-state index contributed by atoms with van der Waals surface area (Å²) < 4.78 is 9.80. The highest BCUT2D eigenvalue weighted by Crippen LogP contribution is 2.14. The Morgan fingerprint density at radius 2 is 2.20 bits per heavy atom. The van der Waals surface area contributed by atoms with Crippen LogP contribution in [0.2, 0.25) is 0 Å². The molecule has 0 heterocycles. The highest BCUT2D eigenvalue weighted by Gasteiger charge is 2.07. The molecule has 0 saturated carbocycles. The van der Waals surface area contributed by atoms with Crippen molar-refractivity contribution in [2.24, 2.45) is 0 Å². The molecule has 0 fully saturated rings. The molecule has 0 atom stereocenters. The van der Waals surface area contributed by atoms with Gasteiger partial charge in [-0.05, 0) is 31.5 Å². The molecule has 0 radical (unpaired) electrons. The molecule has 0 unspecified atom stereocenters. The molecule has 0 spiro atoms. The molecule has 80 valence electrons. The molecule has 0 aliphatic carbocycles. The fourth-order valence-electron chi connectivity index (χ4n) is 1.02. The van der Waals surface area contributed by atoms with Gasteiger partial charge in [0.05, 0.1) is 6.10 Å². The zero-order valence-corrected chi connectivity index (χ0v) is 8.90. The van der Waals surface area contributed by atoms with Crippen molar-refractivity contribution in [3.8, 4) is 5.75 Å². The zero-order valence-electron chi connectivity index (χ0n) is 8.90. The highest BCUT2D eigenvalue weighted by molar-refractivity contribution is 5.64. The Bertz CT molecular complexity index is 356. The van der Waals surface area contributed by atoms with Gasteiger partial charge in [-0.25, -0.2) is 4.79 Å². The van der Waals surface area contributed by atoms with Crippen LogP contribution in [0.3, 0.4) is 0 Å². The van der Waals surface area contributed by atoms with Crippen LogP contribution in [0.25, 0.3) is 6.08 Å². The van der Waals surface area contributed by atoms with Crippen molar-refractivity contribution in [1.29, 1.82) is 0 Å². The summed E-state index contributed by atoms with van der Waals surface area (Å²) in [4.78, 5) is 11.2. The Balaban J connectivity index is 2.64. The van der Waals surface area contributed by atoms with Crippen LogP contribution in [0.5, 0.6) is 5.75 Å². The van der Waals surface area contributed by atoms with Gasteiger partial charge in [0.15, 0.2) is 0 Å². The Kier molecular flexibility index (Phi) is 3.92. The summed E-state index contributed by atoms with van der Waals surface area (Å²) in [5, 5.41) is 0. The normalized spacial score (nSPS) is 9.80. The number of carbonyl (C=O) groups excluding carboxylic acids is 1. The summed E-state index contributed by atoms with van der Waals surface area (Å²) in [7, 11) is 0. The molecule has 0 aliphatic rings. The molecule has 0 aliphatic heterocycles. The maximum Gasteiger partial charge on any atom is 0.514 e. The molecule has 0 amide bonds. The summed E-state index contributed by atoms with van der Waals surface area (Å²) in [5.41, 5.74) is 0.893. The predicted octanol–water partition coefficient (Wildman–Crippen LogP) is 3.25. The Morgan fingerprint density at radius 1 is 1.47 bits per heavy atom. The standard InChI is InChI=1S/C12H14O3/c1-4-10-6-5-7-11(8-10)15-12(13)14-9(2)3/h4-9H,1H2,2-3H3. The second-order valence-electron chi connectivity index (χ2n) is 3.30. The maximum absolute atomic E-state index is 11.2. The number of benzene rings is 1. The topological polar surface area (TPSA) is 35.5 Å². The molecule has 1 aromatic carbocycles. The largest absolute Gasteiger partial charge is 0.514 e. The minimum Gasteiger partial charge on any atom is -0.431 e. The molecule has 15 heavy (non-hydrogen) atoms. The van der Waals surface area contributed by atoms with Crippen molar-refractivity contribution >= 4 is 12.2 Å². The number of hydrogen-bond donors (Lipinski definition) is 0. The van der Waals surface area contributed by atoms with Gasteiger partial charge >= 0.3 is 6.16 Å². The van der Waals surface area contributed by atoms with E-state index in [9.17, 15) is 4.79 Å². The van der Waals surface area contributed by atoms with Crippen LogP contribution < -0.4 is 4.74 Å². The average Bonchev–Trinajstić information content (AvgIpc) is 2.16. The monoisotopic (exact) mass is 206 g/mol. The van der Waals surface area contributed by atoms with E-state index in [4.69, 9.17) is 9.47 Å². The molecular weight excluding hydrogens is 192 g/mol. The van der Waals surface area contributed by atoms with Crippen LogP contribution in [0.4, 0.5) is 4.79 Å². The van der Waals surface area contributed by atoms with Crippen LogP contribution in [-0.4, -0.2) is 12.3 Å².